The van der Waals surface area contributed by atoms with Gasteiger partial charge in [-0.2, -0.15) is 10.2 Å². The van der Waals surface area contributed by atoms with Crippen molar-refractivity contribution in [1.29, 1.82) is 0 Å². The van der Waals surface area contributed by atoms with E-state index < -0.39 is 23.0 Å². The largest absolute Gasteiger partial charge is 0.485 e. The molecule has 0 aliphatic carbocycles. The van der Waals surface area contributed by atoms with Crippen LogP contribution < -0.4 is 15.8 Å². The van der Waals surface area contributed by atoms with Crippen LogP contribution in [0.4, 0.5) is 10.2 Å². The van der Waals surface area contributed by atoms with E-state index in [0.29, 0.717) is 51.5 Å². The second-order valence-electron chi connectivity index (χ2n) is 10.6. The number of anilines is 1. The van der Waals surface area contributed by atoms with Gasteiger partial charge in [0.15, 0.2) is 23.5 Å². The molecule has 4 radical (unpaired) electrons. The van der Waals surface area contributed by atoms with Gasteiger partial charge in [0, 0.05) is 48.2 Å². The average Bonchev–Trinajstić information content (AvgIpc) is 3.55. The van der Waals surface area contributed by atoms with E-state index in [0.717, 1.165) is 6.42 Å². The van der Waals surface area contributed by atoms with Gasteiger partial charge in [0.2, 0.25) is 0 Å². The number of carbonyl (C=O) groups is 1. The number of halogens is 2. The Labute approximate surface area is 256 Å². The molecule has 1 aliphatic heterocycles. The van der Waals surface area contributed by atoms with E-state index in [2.05, 4.69) is 20.5 Å². The van der Waals surface area contributed by atoms with Gasteiger partial charge >= 0.3 is 5.97 Å². The molecule has 4 heterocycles. The highest BCUT2D eigenvalue weighted by molar-refractivity contribution is 6.45. The van der Waals surface area contributed by atoms with Crippen molar-refractivity contribution in [2.45, 2.75) is 51.6 Å². The predicted molar refractivity (Wildman–Crippen MR) is 163 cm³/mol. The molecule has 43 heavy (non-hydrogen) atoms. The van der Waals surface area contributed by atoms with E-state index in [-0.39, 0.29) is 30.2 Å². The maximum absolute atomic E-state index is 14.5. The minimum atomic E-state index is -1.66. The minimum absolute atomic E-state index is 0.0379. The third-order valence-electron chi connectivity index (χ3n) is 7.71. The number of esters is 1. The summed E-state index contributed by atoms with van der Waals surface area (Å²) in [5, 5.41) is 10.6. The molecule has 3 N–H and O–H groups in total. The zero-order valence-corrected chi connectivity index (χ0v) is 25.2. The number of nitrogens with zero attached hydrogens (tertiary/aromatic N) is 5. The highest BCUT2D eigenvalue weighted by Crippen LogP contribution is 2.44. The van der Waals surface area contributed by atoms with Gasteiger partial charge in [0.25, 0.3) is 0 Å². The Morgan fingerprint density at radius 3 is 2.79 bits per heavy atom. The first kappa shape index (κ1) is 30.6. The van der Waals surface area contributed by atoms with Crippen LogP contribution in [0.5, 0.6) is 5.75 Å². The fraction of sp³-hybridized carbons (Fsp3) is 0.379. The number of nitrogens with two attached hydrogens (primary N) is 1. The molecular formula is C29H31B2ClFN7O3. The van der Waals surface area contributed by atoms with Crippen LogP contribution in [-0.2, 0) is 34.9 Å². The Morgan fingerprint density at radius 1 is 1.30 bits per heavy atom. The molecule has 14 heteroatoms. The van der Waals surface area contributed by atoms with E-state index in [9.17, 15) is 9.18 Å². The summed E-state index contributed by atoms with van der Waals surface area (Å²) < 4.78 is 29.4. The topological polar surface area (TPSA) is 122 Å². The maximum atomic E-state index is 14.5. The molecule has 3 aromatic heterocycles. The van der Waals surface area contributed by atoms with Crippen molar-refractivity contribution in [2.75, 3.05) is 12.0 Å². The lowest BCUT2D eigenvalue weighted by atomic mass is 9.47. The Kier molecular flexibility index (Phi) is 8.58. The average molecular weight is 602 g/mol. The van der Waals surface area contributed by atoms with Gasteiger partial charge in [-0.3, -0.25) is 14.2 Å². The third kappa shape index (κ3) is 5.75. The molecule has 10 nitrogen and oxygen atoms in total. The Balaban J connectivity index is 1.64. The van der Waals surface area contributed by atoms with Gasteiger partial charge in [-0.25, -0.2) is 9.37 Å². The summed E-state index contributed by atoms with van der Waals surface area (Å²) in [6.07, 6.45) is 4.04. The lowest BCUT2D eigenvalue weighted by Gasteiger charge is -2.28. The van der Waals surface area contributed by atoms with Crippen LogP contribution in [0.2, 0.25) is 5.15 Å². The van der Waals surface area contributed by atoms with Gasteiger partial charge in [0.1, 0.15) is 18.5 Å². The zero-order valence-electron chi connectivity index (χ0n) is 24.4. The molecule has 1 aliphatic rings. The summed E-state index contributed by atoms with van der Waals surface area (Å²) >= 11 is 6.72. The SMILES string of the molecule is [B]C1([B])c2cn(C)nc2-c2ccc(F)cc2COc2cc(cnc2NCOC(=O)C(N)C(C)CC)-c2c1c(Cl)nn2CC. The van der Waals surface area contributed by atoms with Crippen molar-refractivity contribution in [3.63, 3.8) is 0 Å². The number of hydrogen-bond donors (Lipinski definition) is 2. The molecule has 4 aromatic rings. The molecule has 0 saturated heterocycles. The summed E-state index contributed by atoms with van der Waals surface area (Å²) in [5.74, 6) is -0.453. The third-order valence-corrected chi connectivity index (χ3v) is 7.98. The van der Waals surface area contributed by atoms with Crippen LogP contribution in [0.15, 0.2) is 36.7 Å². The number of pyridine rings is 1. The smallest absolute Gasteiger partial charge is 0.324 e. The first-order chi connectivity index (χ1) is 20.5. The molecule has 1 aromatic carbocycles. The normalized spacial score (nSPS) is 15.0. The molecule has 2 bridgehead atoms. The molecule has 0 spiro atoms. The quantitative estimate of drug-likeness (QED) is 0.186. The molecule has 2 unspecified atom stereocenters. The van der Waals surface area contributed by atoms with Crippen LogP contribution in [0, 0.1) is 11.7 Å². The van der Waals surface area contributed by atoms with Crippen molar-refractivity contribution in [1.82, 2.24) is 24.5 Å². The number of rotatable bonds is 7. The Morgan fingerprint density at radius 2 is 2.07 bits per heavy atom. The standard InChI is InChI=1S/C29H31B2ClFN7O3/c1-5-15(3)23(34)28(41)43-14-36-27-21-10-16(11-35-27)25-22(26(32)38-40(25)6-2)29(30,31)20-12-39(4)37-24(20)19-8-7-18(33)9-17(19)13-42-21/h7-12,15,23H,5-6,13-14,34H2,1-4H3,(H,35,36). The van der Waals surface area contributed by atoms with E-state index >= 15 is 0 Å². The first-order valence-electron chi connectivity index (χ1n) is 13.9. The van der Waals surface area contributed by atoms with Crippen molar-refractivity contribution < 1.29 is 18.7 Å². The van der Waals surface area contributed by atoms with E-state index in [4.69, 9.17) is 42.5 Å². The number of hydrogen-bond acceptors (Lipinski definition) is 8. The highest BCUT2D eigenvalue weighted by atomic mass is 35.5. The Hall–Kier alpha value is -3.83. The number of benzene rings is 1. The Bertz CT molecular complexity index is 1680. The summed E-state index contributed by atoms with van der Waals surface area (Å²) in [7, 11) is 15.6. The predicted octanol–water partition coefficient (Wildman–Crippen LogP) is 3.87. The number of fused-ring (bicyclic) bond motifs is 7. The molecule has 5 rings (SSSR count). The number of aryl methyl sites for hydroxylation is 2. The highest BCUT2D eigenvalue weighted by Gasteiger charge is 2.36. The lowest BCUT2D eigenvalue weighted by Crippen LogP contribution is -2.38. The van der Waals surface area contributed by atoms with Crippen molar-refractivity contribution >= 4 is 39.1 Å². The number of ether oxygens (including phenoxy) is 2. The first-order valence-corrected chi connectivity index (χ1v) is 14.3. The number of aromatic nitrogens is 5. The van der Waals surface area contributed by atoms with Gasteiger partial charge in [-0.1, -0.05) is 31.9 Å². The van der Waals surface area contributed by atoms with Crippen LogP contribution in [0.25, 0.3) is 22.5 Å². The fourth-order valence-corrected chi connectivity index (χ4v) is 5.43. The summed E-state index contributed by atoms with van der Waals surface area (Å²) in [4.78, 5) is 17.0. The molecule has 0 fully saturated rings. The monoisotopic (exact) mass is 601 g/mol. The molecule has 220 valence electrons. The number of nitrogens with one attached hydrogen (secondary N) is 1. The van der Waals surface area contributed by atoms with Crippen LogP contribution >= 0.6 is 11.6 Å². The van der Waals surface area contributed by atoms with Crippen LogP contribution in [0.1, 0.15) is 43.9 Å². The molecule has 0 amide bonds. The fourth-order valence-electron chi connectivity index (χ4n) is 5.09. The van der Waals surface area contributed by atoms with Gasteiger partial charge < -0.3 is 20.5 Å². The van der Waals surface area contributed by atoms with E-state index in [1.165, 1.54) is 12.1 Å². The van der Waals surface area contributed by atoms with Crippen molar-refractivity contribution in [3.05, 3.63) is 64.3 Å². The molecule has 0 saturated carbocycles. The summed E-state index contributed by atoms with van der Waals surface area (Å²) in [6, 6.07) is 5.28. The van der Waals surface area contributed by atoms with Crippen molar-refractivity contribution in [3.8, 4) is 28.3 Å². The van der Waals surface area contributed by atoms with Crippen LogP contribution in [-0.4, -0.2) is 59.0 Å². The van der Waals surface area contributed by atoms with Gasteiger partial charge in [0.05, 0.1) is 27.1 Å². The second kappa shape index (κ2) is 12.0. The second-order valence-corrected chi connectivity index (χ2v) is 11.0. The molecule has 2 atom stereocenters. The van der Waals surface area contributed by atoms with Gasteiger partial charge in [-0.05, 0) is 47.9 Å². The zero-order chi connectivity index (χ0) is 31.1. The van der Waals surface area contributed by atoms with Crippen molar-refractivity contribution in [2.24, 2.45) is 18.7 Å². The summed E-state index contributed by atoms with van der Waals surface area (Å²) in [5.41, 5.74) is 9.45. The van der Waals surface area contributed by atoms with Gasteiger partial charge in [-0.15, -0.1) is 0 Å². The lowest BCUT2D eigenvalue weighted by molar-refractivity contribution is -0.145. The maximum Gasteiger partial charge on any atom is 0.324 e. The number of carbonyl (C=O) groups excluding carboxylic acids is 1. The summed E-state index contributed by atoms with van der Waals surface area (Å²) in [6.45, 7) is 5.94. The molecular weight excluding hydrogens is 570 g/mol. The van der Waals surface area contributed by atoms with E-state index in [1.54, 1.807) is 40.9 Å². The van der Waals surface area contributed by atoms with E-state index in [1.807, 2.05) is 20.8 Å². The van der Waals surface area contributed by atoms with Crippen LogP contribution in [0.3, 0.4) is 0 Å². The minimum Gasteiger partial charge on any atom is -0.485 e.